The quantitative estimate of drug-likeness (QED) is 0.606. The van der Waals surface area contributed by atoms with E-state index in [4.69, 9.17) is 4.74 Å². The molecule has 0 amide bonds. The smallest absolute Gasteiger partial charge is 0.206 e. The van der Waals surface area contributed by atoms with Gasteiger partial charge in [-0.15, -0.1) is 0 Å². The van der Waals surface area contributed by atoms with Gasteiger partial charge in [-0.05, 0) is 6.07 Å². The fourth-order valence-corrected chi connectivity index (χ4v) is 0.776. The first-order valence-corrected chi connectivity index (χ1v) is 3.14. The normalized spacial score (nSPS) is 9.27. The van der Waals surface area contributed by atoms with E-state index in [2.05, 4.69) is 11.7 Å². The predicted molar refractivity (Wildman–Crippen MR) is 40.7 cm³/mol. The van der Waals surface area contributed by atoms with Crippen molar-refractivity contribution in [3.05, 3.63) is 24.0 Å². The molecule has 0 bridgehead atoms. The highest BCUT2D eigenvalue weighted by atomic mass is 19.1. The topological polar surface area (TPSA) is 23.2 Å². The average Bonchev–Trinajstić information content (AvgIpc) is 2.04. The van der Waals surface area contributed by atoms with Gasteiger partial charge in [0.15, 0.2) is 11.6 Å². The minimum Gasteiger partial charge on any atom is -0.494 e. The van der Waals surface area contributed by atoms with Crippen LogP contribution in [0.2, 0.25) is 0 Å². The zero-order valence-corrected chi connectivity index (χ0v) is 6.23. The van der Waals surface area contributed by atoms with Crippen LogP contribution in [0.3, 0.4) is 0 Å². The van der Waals surface area contributed by atoms with Crippen LogP contribution in [0.15, 0.2) is 18.2 Å². The summed E-state index contributed by atoms with van der Waals surface area (Å²) in [6, 6.07) is 4.56. The molecule has 0 saturated carbocycles. The van der Waals surface area contributed by atoms with Crippen molar-refractivity contribution in [3.8, 4) is 5.75 Å². The molecule has 2 nitrogen and oxygen atoms in total. The Morgan fingerprint density at radius 1 is 1.55 bits per heavy atom. The molecule has 0 heterocycles. The van der Waals surface area contributed by atoms with Gasteiger partial charge in [-0.25, -0.2) is 9.38 Å². The molecular formula is C8H9FNO+. The number of rotatable bonds is 2. The summed E-state index contributed by atoms with van der Waals surface area (Å²) in [6.07, 6.45) is 0. The van der Waals surface area contributed by atoms with E-state index < -0.39 is 0 Å². The Balaban J connectivity index is 3.09. The molecule has 0 aliphatic carbocycles. The SMILES string of the molecule is C=[NH+]c1ccc(OC)c(F)c1. The van der Waals surface area contributed by atoms with Gasteiger partial charge in [0.2, 0.25) is 5.69 Å². The van der Waals surface area contributed by atoms with E-state index in [-0.39, 0.29) is 11.6 Å². The van der Waals surface area contributed by atoms with Crippen molar-refractivity contribution in [2.45, 2.75) is 0 Å². The van der Waals surface area contributed by atoms with Gasteiger partial charge in [0.1, 0.15) is 6.72 Å². The number of hydrogen-bond donors (Lipinski definition) is 1. The summed E-state index contributed by atoms with van der Waals surface area (Å²) in [5.74, 6) is -0.148. The number of halogens is 1. The molecular weight excluding hydrogens is 145 g/mol. The fraction of sp³-hybridized carbons (Fsp3) is 0.125. The van der Waals surface area contributed by atoms with Crippen LogP contribution < -0.4 is 9.73 Å². The van der Waals surface area contributed by atoms with E-state index in [1.54, 1.807) is 12.1 Å². The van der Waals surface area contributed by atoms with E-state index in [1.165, 1.54) is 13.2 Å². The Morgan fingerprint density at radius 2 is 2.27 bits per heavy atom. The van der Waals surface area contributed by atoms with Crippen molar-refractivity contribution in [2.24, 2.45) is 0 Å². The highest BCUT2D eigenvalue weighted by Gasteiger charge is 2.03. The van der Waals surface area contributed by atoms with Crippen molar-refractivity contribution < 1.29 is 14.1 Å². The van der Waals surface area contributed by atoms with Gasteiger partial charge in [0.05, 0.1) is 7.11 Å². The minimum atomic E-state index is -0.388. The van der Waals surface area contributed by atoms with Gasteiger partial charge in [0, 0.05) is 12.1 Å². The zero-order valence-electron chi connectivity index (χ0n) is 6.23. The number of hydrogen-bond acceptors (Lipinski definition) is 1. The number of ether oxygens (including phenoxy) is 1. The molecule has 1 rings (SSSR count). The summed E-state index contributed by atoms with van der Waals surface area (Å²) < 4.78 is 17.6. The lowest BCUT2D eigenvalue weighted by Crippen LogP contribution is -2.57. The Morgan fingerprint density at radius 3 is 2.73 bits per heavy atom. The van der Waals surface area contributed by atoms with Crippen LogP contribution in [0.25, 0.3) is 0 Å². The number of nitrogens with one attached hydrogen (secondary N) is 1. The first kappa shape index (κ1) is 7.72. The summed E-state index contributed by atoms with van der Waals surface area (Å²) in [4.78, 5) is 2.57. The second kappa shape index (κ2) is 3.14. The third-order valence-electron chi connectivity index (χ3n) is 1.36. The maximum Gasteiger partial charge on any atom is 0.206 e. The van der Waals surface area contributed by atoms with E-state index in [0.717, 1.165) is 0 Å². The molecule has 11 heavy (non-hydrogen) atoms. The van der Waals surface area contributed by atoms with Gasteiger partial charge in [-0.3, -0.25) is 0 Å². The molecule has 58 valence electrons. The third kappa shape index (κ3) is 1.55. The van der Waals surface area contributed by atoms with Crippen LogP contribution in [0.5, 0.6) is 5.75 Å². The molecule has 1 aromatic carbocycles. The van der Waals surface area contributed by atoms with Crippen molar-refractivity contribution in [2.75, 3.05) is 7.11 Å². The maximum absolute atomic E-state index is 12.8. The molecule has 0 saturated heterocycles. The zero-order chi connectivity index (χ0) is 8.27. The molecule has 0 radical (unpaired) electrons. The lowest BCUT2D eigenvalue weighted by atomic mass is 10.3. The molecule has 0 spiro atoms. The van der Waals surface area contributed by atoms with Crippen LogP contribution in [-0.2, 0) is 0 Å². The first-order chi connectivity index (χ1) is 5.27. The number of methoxy groups -OCH3 is 1. The molecule has 0 fully saturated rings. The highest BCUT2D eigenvalue weighted by molar-refractivity contribution is 5.38. The molecule has 0 unspecified atom stereocenters. The monoisotopic (exact) mass is 154 g/mol. The van der Waals surface area contributed by atoms with Gasteiger partial charge in [-0.1, -0.05) is 0 Å². The second-order valence-electron chi connectivity index (χ2n) is 2.03. The van der Waals surface area contributed by atoms with Crippen LogP contribution in [0.4, 0.5) is 10.1 Å². The molecule has 1 aromatic rings. The van der Waals surface area contributed by atoms with Gasteiger partial charge < -0.3 is 4.74 Å². The van der Waals surface area contributed by atoms with Crippen LogP contribution in [-0.4, -0.2) is 13.8 Å². The van der Waals surface area contributed by atoms with Crippen LogP contribution >= 0.6 is 0 Å². The summed E-state index contributed by atoms with van der Waals surface area (Å²) in [7, 11) is 1.43. The molecule has 3 heteroatoms. The molecule has 0 aliphatic rings. The van der Waals surface area contributed by atoms with Crippen molar-refractivity contribution in [3.63, 3.8) is 0 Å². The van der Waals surface area contributed by atoms with Crippen molar-refractivity contribution in [1.82, 2.24) is 0 Å². The van der Waals surface area contributed by atoms with Crippen molar-refractivity contribution >= 4 is 12.4 Å². The van der Waals surface area contributed by atoms with Gasteiger partial charge in [-0.2, -0.15) is 0 Å². The molecule has 0 aromatic heterocycles. The molecule has 1 N–H and O–H groups in total. The number of benzene rings is 1. The van der Waals surface area contributed by atoms with Gasteiger partial charge >= 0.3 is 0 Å². The standard InChI is InChI=1S/C8H8FNO/c1-10-6-3-4-8(11-2)7(9)5-6/h3-5H,1H2,2H3/p+1. The maximum atomic E-state index is 12.8. The predicted octanol–water partition coefficient (Wildman–Crippen LogP) is 0.247. The van der Waals surface area contributed by atoms with E-state index in [1.807, 2.05) is 0 Å². The second-order valence-corrected chi connectivity index (χ2v) is 2.03. The Labute approximate surface area is 64.3 Å². The minimum absolute atomic E-state index is 0.240. The molecule has 0 atom stereocenters. The fourth-order valence-electron chi connectivity index (χ4n) is 0.776. The summed E-state index contributed by atoms with van der Waals surface area (Å²) in [5, 5.41) is 0. The largest absolute Gasteiger partial charge is 0.494 e. The van der Waals surface area contributed by atoms with E-state index >= 15 is 0 Å². The molecule has 0 aliphatic heterocycles. The first-order valence-electron chi connectivity index (χ1n) is 3.14. The summed E-state index contributed by atoms with van der Waals surface area (Å²) in [5.41, 5.74) is 0.628. The Kier molecular flexibility index (Phi) is 2.21. The van der Waals surface area contributed by atoms with Gasteiger partial charge in [0.25, 0.3) is 0 Å². The lowest BCUT2D eigenvalue weighted by Gasteiger charge is -1.98. The average molecular weight is 154 g/mol. The Hall–Kier alpha value is -1.38. The van der Waals surface area contributed by atoms with E-state index in [0.29, 0.717) is 5.69 Å². The van der Waals surface area contributed by atoms with Crippen LogP contribution in [0, 0.1) is 5.82 Å². The highest BCUT2D eigenvalue weighted by Crippen LogP contribution is 2.17. The van der Waals surface area contributed by atoms with E-state index in [9.17, 15) is 4.39 Å². The summed E-state index contributed by atoms with van der Waals surface area (Å²) >= 11 is 0. The Bertz CT molecular complexity index is 273. The van der Waals surface area contributed by atoms with Crippen molar-refractivity contribution in [1.29, 1.82) is 0 Å². The lowest BCUT2D eigenvalue weighted by molar-refractivity contribution is -0.342. The summed E-state index contributed by atoms with van der Waals surface area (Å²) in [6.45, 7) is 3.40. The van der Waals surface area contributed by atoms with Crippen LogP contribution in [0.1, 0.15) is 0 Å². The third-order valence-corrected chi connectivity index (χ3v) is 1.36.